The first-order valence-electron chi connectivity index (χ1n) is 5.01. The number of hydrogen-bond donors (Lipinski definition) is 1. The SMILES string of the molecule is Cc1ccc([C@](C)(O)C2CC2)cc1Cl. The molecule has 1 fully saturated rings. The predicted molar refractivity (Wildman–Crippen MR) is 58.5 cm³/mol. The lowest BCUT2D eigenvalue weighted by Gasteiger charge is -2.24. The molecule has 2 rings (SSSR count). The molecule has 0 spiro atoms. The monoisotopic (exact) mass is 210 g/mol. The third kappa shape index (κ3) is 1.67. The van der Waals surface area contributed by atoms with Crippen LogP contribution in [0.4, 0.5) is 0 Å². The minimum atomic E-state index is -0.697. The molecule has 2 heteroatoms. The Morgan fingerprint density at radius 1 is 1.43 bits per heavy atom. The number of benzene rings is 1. The van der Waals surface area contributed by atoms with Crippen LogP contribution in [0.15, 0.2) is 18.2 Å². The molecule has 0 radical (unpaired) electrons. The molecule has 76 valence electrons. The fourth-order valence-corrected chi connectivity index (χ4v) is 1.97. The lowest BCUT2D eigenvalue weighted by Crippen LogP contribution is -2.23. The van der Waals surface area contributed by atoms with Crippen LogP contribution < -0.4 is 0 Å². The van der Waals surface area contributed by atoms with Crippen LogP contribution in [0.1, 0.15) is 30.9 Å². The molecule has 0 amide bonds. The number of hydrogen-bond acceptors (Lipinski definition) is 1. The van der Waals surface area contributed by atoms with Gasteiger partial charge in [-0.3, -0.25) is 0 Å². The average Bonchev–Trinajstić information content (AvgIpc) is 2.92. The second kappa shape index (κ2) is 3.25. The molecular formula is C12H15ClO. The van der Waals surface area contributed by atoms with E-state index in [1.807, 2.05) is 32.0 Å². The first-order valence-corrected chi connectivity index (χ1v) is 5.38. The molecule has 1 saturated carbocycles. The van der Waals surface area contributed by atoms with Crippen LogP contribution in [0.25, 0.3) is 0 Å². The quantitative estimate of drug-likeness (QED) is 0.795. The summed E-state index contributed by atoms with van der Waals surface area (Å²) >= 11 is 6.03. The van der Waals surface area contributed by atoms with Gasteiger partial charge in [0.25, 0.3) is 0 Å². The molecule has 1 aromatic rings. The molecule has 14 heavy (non-hydrogen) atoms. The Hall–Kier alpha value is -0.530. The van der Waals surface area contributed by atoms with E-state index in [9.17, 15) is 5.11 Å². The summed E-state index contributed by atoms with van der Waals surface area (Å²) in [6, 6.07) is 5.82. The highest BCUT2D eigenvalue weighted by Gasteiger charge is 2.41. The standard InChI is InChI=1S/C12H15ClO/c1-8-3-4-10(7-11(8)13)12(2,14)9-5-6-9/h3-4,7,9,14H,5-6H2,1-2H3/t12-/m1/s1. The molecule has 1 aliphatic carbocycles. The third-order valence-corrected chi connectivity index (χ3v) is 3.54. The Morgan fingerprint density at radius 2 is 2.07 bits per heavy atom. The van der Waals surface area contributed by atoms with Crippen molar-refractivity contribution in [1.29, 1.82) is 0 Å². The van der Waals surface area contributed by atoms with Crippen LogP contribution in [-0.2, 0) is 5.60 Å². The minimum absolute atomic E-state index is 0.418. The fourth-order valence-electron chi connectivity index (χ4n) is 1.79. The normalized spacial score (nSPS) is 20.6. The Morgan fingerprint density at radius 3 is 2.57 bits per heavy atom. The van der Waals surface area contributed by atoms with Crippen LogP contribution >= 0.6 is 11.6 Å². The van der Waals surface area contributed by atoms with E-state index in [1.54, 1.807) is 0 Å². The maximum atomic E-state index is 10.3. The zero-order valence-corrected chi connectivity index (χ0v) is 9.30. The van der Waals surface area contributed by atoms with Crippen LogP contribution in [-0.4, -0.2) is 5.11 Å². The van der Waals surface area contributed by atoms with Crippen LogP contribution in [0.5, 0.6) is 0 Å². The summed E-state index contributed by atoms with van der Waals surface area (Å²) in [6.07, 6.45) is 2.25. The van der Waals surface area contributed by atoms with Crippen molar-refractivity contribution >= 4 is 11.6 Å². The van der Waals surface area contributed by atoms with Gasteiger partial charge in [-0.1, -0.05) is 23.7 Å². The molecule has 0 aliphatic heterocycles. The highest BCUT2D eigenvalue weighted by Crippen LogP contribution is 2.45. The number of aryl methyl sites for hydroxylation is 1. The van der Waals surface area contributed by atoms with Gasteiger partial charge >= 0.3 is 0 Å². The van der Waals surface area contributed by atoms with Crippen molar-refractivity contribution in [1.82, 2.24) is 0 Å². The summed E-state index contributed by atoms with van der Waals surface area (Å²) in [5.41, 5.74) is 1.30. The van der Waals surface area contributed by atoms with E-state index < -0.39 is 5.60 Å². The number of halogens is 1. The molecule has 1 aromatic carbocycles. The second-order valence-electron chi connectivity index (χ2n) is 4.39. The van der Waals surface area contributed by atoms with Crippen molar-refractivity contribution in [2.75, 3.05) is 0 Å². The van der Waals surface area contributed by atoms with Gasteiger partial charge in [0.15, 0.2) is 0 Å². The van der Waals surface area contributed by atoms with Gasteiger partial charge in [-0.2, -0.15) is 0 Å². The van der Waals surface area contributed by atoms with Crippen LogP contribution in [0.3, 0.4) is 0 Å². The van der Waals surface area contributed by atoms with Gasteiger partial charge in [-0.05, 0) is 49.8 Å². The molecule has 1 atom stereocenters. The molecule has 1 N–H and O–H groups in total. The maximum absolute atomic E-state index is 10.3. The lowest BCUT2D eigenvalue weighted by molar-refractivity contribution is 0.0331. The fraction of sp³-hybridized carbons (Fsp3) is 0.500. The van der Waals surface area contributed by atoms with Crippen LogP contribution in [0, 0.1) is 12.8 Å². The number of aliphatic hydroxyl groups is 1. The van der Waals surface area contributed by atoms with Gasteiger partial charge in [0.05, 0.1) is 5.60 Å². The predicted octanol–water partition coefficient (Wildman–Crippen LogP) is 3.27. The molecule has 0 unspecified atom stereocenters. The summed E-state index contributed by atoms with van der Waals surface area (Å²) < 4.78 is 0. The zero-order chi connectivity index (χ0) is 10.3. The summed E-state index contributed by atoms with van der Waals surface area (Å²) in [6.45, 7) is 3.85. The highest BCUT2D eigenvalue weighted by molar-refractivity contribution is 6.31. The Balaban J connectivity index is 2.36. The van der Waals surface area contributed by atoms with Gasteiger partial charge in [-0.15, -0.1) is 0 Å². The molecular weight excluding hydrogens is 196 g/mol. The van der Waals surface area contributed by atoms with E-state index in [2.05, 4.69) is 0 Å². The molecule has 0 aromatic heterocycles. The molecule has 0 saturated heterocycles. The molecule has 0 heterocycles. The Labute approximate surface area is 89.7 Å². The van der Waals surface area contributed by atoms with Crippen molar-refractivity contribution in [3.8, 4) is 0 Å². The van der Waals surface area contributed by atoms with Crippen molar-refractivity contribution in [3.63, 3.8) is 0 Å². The van der Waals surface area contributed by atoms with E-state index in [0.29, 0.717) is 5.92 Å². The van der Waals surface area contributed by atoms with Gasteiger partial charge < -0.3 is 5.11 Å². The van der Waals surface area contributed by atoms with Crippen molar-refractivity contribution in [3.05, 3.63) is 34.3 Å². The van der Waals surface area contributed by atoms with E-state index in [0.717, 1.165) is 29.0 Å². The zero-order valence-electron chi connectivity index (χ0n) is 8.55. The smallest absolute Gasteiger partial charge is 0.0897 e. The van der Waals surface area contributed by atoms with E-state index in [-0.39, 0.29) is 0 Å². The van der Waals surface area contributed by atoms with Crippen molar-refractivity contribution < 1.29 is 5.11 Å². The molecule has 1 nitrogen and oxygen atoms in total. The van der Waals surface area contributed by atoms with Crippen molar-refractivity contribution in [2.24, 2.45) is 5.92 Å². The minimum Gasteiger partial charge on any atom is -0.385 e. The molecule has 0 bridgehead atoms. The third-order valence-electron chi connectivity index (χ3n) is 3.13. The number of rotatable bonds is 2. The average molecular weight is 211 g/mol. The molecule has 1 aliphatic rings. The van der Waals surface area contributed by atoms with E-state index in [1.165, 1.54) is 0 Å². The topological polar surface area (TPSA) is 20.2 Å². The first-order chi connectivity index (χ1) is 6.51. The van der Waals surface area contributed by atoms with Crippen LogP contribution in [0.2, 0.25) is 5.02 Å². The Kier molecular flexibility index (Phi) is 2.32. The van der Waals surface area contributed by atoms with E-state index >= 15 is 0 Å². The lowest BCUT2D eigenvalue weighted by atomic mass is 9.90. The van der Waals surface area contributed by atoms with Gasteiger partial charge in [0.2, 0.25) is 0 Å². The van der Waals surface area contributed by atoms with Crippen molar-refractivity contribution in [2.45, 2.75) is 32.3 Å². The second-order valence-corrected chi connectivity index (χ2v) is 4.79. The van der Waals surface area contributed by atoms with Gasteiger partial charge in [-0.25, -0.2) is 0 Å². The van der Waals surface area contributed by atoms with Gasteiger partial charge in [0.1, 0.15) is 0 Å². The van der Waals surface area contributed by atoms with Gasteiger partial charge in [0, 0.05) is 5.02 Å². The van der Waals surface area contributed by atoms with E-state index in [4.69, 9.17) is 11.6 Å². The first kappa shape index (κ1) is 10.0. The summed E-state index contributed by atoms with van der Waals surface area (Å²) in [7, 11) is 0. The Bertz CT molecular complexity index is 353. The summed E-state index contributed by atoms with van der Waals surface area (Å²) in [4.78, 5) is 0. The highest BCUT2D eigenvalue weighted by atomic mass is 35.5. The maximum Gasteiger partial charge on any atom is 0.0897 e. The summed E-state index contributed by atoms with van der Waals surface area (Å²) in [5.74, 6) is 0.418. The largest absolute Gasteiger partial charge is 0.385 e. The summed E-state index contributed by atoms with van der Waals surface area (Å²) in [5, 5.41) is 11.0.